The molecule has 9 heteroatoms. The minimum absolute atomic E-state index is 0.150. The lowest BCUT2D eigenvalue weighted by molar-refractivity contribution is 0.0948. The molecule has 0 unspecified atom stereocenters. The van der Waals surface area contributed by atoms with E-state index >= 15 is 0 Å². The first kappa shape index (κ1) is 12.0. The summed E-state index contributed by atoms with van der Waals surface area (Å²) >= 11 is 1.07. The monoisotopic (exact) mass is 250 g/mol. The van der Waals surface area contributed by atoms with Gasteiger partial charge in [-0.05, 0) is 18.0 Å². The van der Waals surface area contributed by atoms with Crippen molar-refractivity contribution in [1.82, 2.24) is 14.9 Å². The second-order valence-electron chi connectivity index (χ2n) is 2.77. The van der Waals surface area contributed by atoms with E-state index in [-0.39, 0.29) is 30.3 Å². The predicted octanol–water partition coefficient (Wildman–Crippen LogP) is -1.05. The molecule has 0 saturated carbocycles. The summed E-state index contributed by atoms with van der Waals surface area (Å²) in [6.07, 6.45) is 0.280. The van der Waals surface area contributed by atoms with Crippen molar-refractivity contribution in [3.8, 4) is 0 Å². The molecular weight excluding hydrogens is 240 g/mol. The quantitative estimate of drug-likeness (QED) is 0.647. The first-order valence-corrected chi connectivity index (χ1v) is 6.60. The zero-order chi connectivity index (χ0) is 11.3. The second-order valence-corrected chi connectivity index (χ2v) is 5.11. The number of nitrogens with zero attached hydrogens (tertiary/aromatic N) is 2. The predicted molar refractivity (Wildman–Crippen MR) is 54.8 cm³/mol. The lowest BCUT2D eigenvalue weighted by Crippen LogP contribution is -2.27. The number of nitrogens with one attached hydrogen (secondary N) is 1. The van der Waals surface area contributed by atoms with Gasteiger partial charge in [-0.3, -0.25) is 4.79 Å². The fourth-order valence-electron chi connectivity index (χ4n) is 0.829. The smallest absolute Gasteiger partial charge is 0.272 e. The number of carbonyl (C=O) groups excluding carboxylic acids is 1. The molecule has 84 valence electrons. The van der Waals surface area contributed by atoms with Crippen LogP contribution in [-0.2, 0) is 10.0 Å². The minimum Gasteiger partial charge on any atom is -0.351 e. The summed E-state index contributed by atoms with van der Waals surface area (Å²) in [5, 5.41) is 12.4. The average molecular weight is 250 g/mol. The van der Waals surface area contributed by atoms with Gasteiger partial charge in [0.2, 0.25) is 10.0 Å². The Balaban J connectivity index is 2.24. The van der Waals surface area contributed by atoms with Crippen LogP contribution >= 0.6 is 11.5 Å². The molecule has 0 atom stereocenters. The highest BCUT2D eigenvalue weighted by Crippen LogP contribution is 1.96. The SMILES string of the molecule is NS(=O)(=O)CCCNC(=O)c1csnn1. The molecule has 3 N–H and O–H groups in total. The first-order chi connectivity index (χ1) is 6.99. The summed E-state index contributed by atoms with van der Waals surface area (Å²) in [6.45, 7) is 0.243. The molecule has 0 bridgehead atoms. The second kappa shape index (κ2) is 5.14. The number of aromatic nitrogens is 2. The molecule has 0 spiro atoms. The zero-order valence-corrected chi connectivity index (χ0v) is 9.34. The average Bonchev–Trinajstić information content (AvgIpc) is 2.63. The summed E-state index contributed by atoms with van der Waals surface area (Å²) in [7, 11) is -3.45. The number of carbonyl (C=O) groups is 1. The molecule has 0 fully saturated rings. The van der Waals surface area contributed by atoms with Crippen molar-refractivity contribution in [2.45, 2.75) is 6.42 Å². The van der Waals surface area contributed by atoms with E-state index < -0.39 is 10.0 Å². The number of sulfonamides is 1. The molecule has 0 aliphatic heterocycles. The van der Waals surface area contributed by atoms with Gasteiger partial charge in [0.05, 0.1) is 5.75 Å². The maximum Gasteiger partial charge on any atom is 0.272 e. The van der Waals surface area contributed by atoms with Crippen LogP contribution in [0.15, 0.2) is 5.38 Å². The van der Waals surface area contributed by atoms with Crippen molar-refractivity contribution >= 4 is 27.5 Å². The summed E-state index contributed by atoms with van der Waals surface area (Å²) < 4.78 is 24.6. The number of nitrogens with two attached hydrogens (primary N) is 1. The number of amides is 1. The van der Waals surface area contributed by atoms with Crippen molar-refractivity contribution in [1.29, 1.82) is 0 Å². The van der Waals surface area contributed by atoms with E-state index in [2.05, 4.69) is 14.9 Å². The van der Waals surface area contributed by atoms with Gasteiger partial charge in [-0.15, -0.1) is 5.10 Å². The number of primary sulfonamides is 1. The van der Waals surface area contributed by atoms with E-state index in [0.29, 0.717) is 0 Å². The molecule has 15 heavy (non-hydrogen) atoms. The molecular formula is C6H10N4O3S2. The normalized spacial score (nSPS) is 11.3. The van der Waals surface area contributed by atoms with Crippen molar-refractivity contribution in [2.75, 3.05) is 12.3 Å². The summed E-state index contributed by atoms with van der Waals surface area (Å²) in [5.74, 6) is -0.513. The Morgan fingerprint density at radius 3 is 2.87 bits per heavy atom. The Morgan fingerprint density at radius 1 is 1.60 bits per heavy atom. The van der Waals surface area contributed by atoms with Gasteiger partial charge in [0.15, 0.2) is 5.69 Å². The standard InChI is InChI=1S/C6H10N4O3S2/c7-15(12,13)3-1-2-8-6(11)5-4-14-10-9-5/h4H,1-3H2,(H,8,11)(H2,7,12,13). The van der Waals surface area contributed by atoms with Gasteiger partial charge >= 0.3 is 0 Å². The third-order valence-electron chi connectivity index (χ3n) is 1.48. The zero-order valence-electron chi connectivity index (χ0n) is 7.71. The Labute approximate surface area is 90.9 Å². The first-order valence-electron chi connectivity index (χ1n) is 4.05. The maximum atomic E-state index is 11.2. The van der Waals surface area contributed by atoms with Crippen molar-refractivity contribution in [2.24, 2.45) is 5.14 Å². The van der Waals surface area contributed by atoms with Crippen LogP contribution in [0.3, 0.4) is 0 Å². The molecule has 0 aromatic carbocycles. The van der Waals surface area contributed by atoms with E-state index in [9.17, 15) is 13.2 Å². The maximum absolute atomic E-state index is 11.2. The fourth-order valence-corrected chi connectivity index (χ4v) is 1.81. The van der Waals surface area contributed by atoms with Crippen molar-refractivity contribution in [3.05, 3.63) is 11.1 Å². The van der Waals surface area contributed by atoms with Gasteiger partial charge in [-0.1, -0.05) is 4.49 Å². The van der Waals surface area contributed by atoms with Crippen LogP contribution in [0.4, 0.5) is 0 Å². The lowest BCUT2D eigenvalue weighted by Gasteiger charge is -2.01. The van der Waals surface area contributed by atoms with E-state index in [1.165, 1.54) is 5.38 Å². The number of hydrogen-bond donors (Lipinski definition) is 2. The van der Waals surface area contributed by atoms with Crippen LogP contribution in [0.5, 0.6) is 0 Å². The molecule has 0 aliphatic carbocycles. The molecule has 0 radical (unpaired) electrons. The van der Waals surface area contributed by atoms with Crippen LogP contribution in [0, 0.1) is 0 Å². The van der Waals surface area contributed by atoms with Gasteiger partial charge in [0, 0.05) is 11.9 Å². The summed E-state index contributed by atoms with van der Waals surface area (Å²) in [6, 6.07) is 0. The van der Waals surface area contributed by atoms with Crippen LogP contribution in [0.2, 0.25) is 0 Å². The molecule has 1 rings (SSSR count). The Hall–Kier alpha value is -1.06. The minimum atomic E-state index is -3.45. The van der Waals surface area contributed by atoms with Gasteiger partial charge in [0.1, 0.15) is 0 Å². The summed E-state index contributed by atoms with van der Waals surface area (Å²) in [5.41, 5.74) is 0.232. The highest BCUT2D eigenvalue weighted by molar-refractivity contribution is 7.89. The third-order valence-corrected chi connectivity index (χ3v) is 2.85. The number of rotatable bonds is 5. The highest BCUT2D eigenvalue weighted by atomic mass is 32.2. The molecule has 7 nitrogen and oxygen atoms in total. The molecule has 1 amide bonds. The van der Waals surface area contributed by atoms with E-state index in [1.807, 2.05) is 0 Å². The van der Waals surface area contributed by atoms with Crippen LogP contribution in [-0.4, -0.2) is 36.2 Å². The fraction of sp³-hybridized carbons (Fsp3) is 0.500. The van der Waals surface area contributed by atoms with Crippen LogP contribution in [0.25, 0.3) is 0 Å². The molecule has 1 heterocycles. The summed E-state index contributed by atoms with van der Waals surface area (Å²) in [4.78, 5) is 11.2. The van der Waals surface area contributed by atoms with Gasteiger partial charge < -0.3 is 5.32 Å². The van der Waals surface area contributed by atoms with E-state index in [4.69, 9.17) is 5.14 Å². The van der Waals surface area contributed by atoms with Crippen molar-refractivity contribution in [3.63, 3.8) is 0 Å². The Bertz CT molecular complexity index is 414. The Morgan fingerprint density at radius 2 is 2.33 bits per heavy atom. The van der Waals surface area contributed by atoms with Gasteiger partial charge in [-0.25, -0.2) is 13.6 Å². The molecule has 1 aromatic rings. The number of hydrogen-bond acceptors (Lipinski definition) is 6. The Kier molecular flexibility index (Phi) is 4.12. The molecule has 1 aromatic heterocycles. The topological polar surface area (TPSA) is 115 Å². The van der Waals surface area contributed by atoms with E-state index in [1.54, 1.807) is 0 Å². The third kappa shape index (κ3) is 4.81. The highest BCUT2D eigenvalue weighted by Gasteiger charge is 2.08. The van der Waals surface area contributed by atoms with Crippen LogP contribution < -0.4 is 10.5 Å². The largest absolute Gasteiger partial charge is 0.351 e. The van der Waals surface area contributed by atoms with Gasteiger partial charge in [0.25, 0.3) is 5.91 Å². The molecule has 0 aliphatic rings. The van der Waals surface area contributed by atoms with Crippen LogP contribution in [0.1, 0.15) is 16.9 Å². The molecule has 0 saturated heterocycles. The lowest BCUT2D eigenvalue weighted by atomic mass is 10.4. The van der Waals surface area contributed by atoms with Gasteiger partial charge in [-0.2, -0.15) is 0 Å². The van der Waals surface area contributed by atoms with Crippen molar-refractivity contribution < 1.29 is 13.2 Å². The van der Waals surface area contributed by atoms with E-state index in [0.717, 1.165) is 11.5 Å².